The zero-order valence-electron chi connectivity index (χ0n) is 16.9. The molecule has 0 fully saturated rings. The van der Waals surface area contributed by atoms with E-state index in [2.05, 4.69) is 22.0 Å². The van der Waals surface area contributed by atoms with E-state index in [0.717, 1.165) is 29.7 Å². The molecule has 3 N–H and O–H groups in total. The molecule has 2 aromatic rings. The minimum Gasteiger partial charge on any atom is -0.348 e. The molecule has 158 valence electrons. The molecule has 0 spiro atoms. The van der Waals surface area contributed by atoms with E-state index >= 15 is 0 Å². The Labute approximate surface area is 180 Å². The first-order valence-corrected chi connectivity index (χ1v) is 11.1. The Morgan fingerprint density at radius 3 is 2.47 bits per heavy atom. The van der Waals surface area contributed by atoms with Crippen molar-refractivity contribution in [3.05, 3.63) is 69.9 Å². The van der Waals surface area contributed by atoms with E-state index in [-0.39, 0.29) is 18.5 Å². The van der Waals surface area contributed by atoms with E-state index in [0.29, 0.717) is 6.54 Å². The molecule has 1 atom stereocenters. The number of carbonyl (C=O) groups is 3. The SMILES string of the molecule is O=C(CNC(=O)C(=O)NCCC1=CCCCC1)N[C@@H](c1ccccc1)c1cccs1. The van der Waals surface area contributed by atoms with Crippen molar-refractivity contribution in [1.82, 2.24) is 16.0 Å². The second-order valence-corrected chi connectivity index (χ2v) is 8.20. The van der Waals surface area contributed by atoms with Gasteiger partial charge >= 0.3 is 11.8 Å². The van der Waals surface area contributed by atoms with Crippen LogP contribution in [0, 0.1) is 0 Å². The normalized spacial score (nSPS) is 14.3. The van der Waals surface area contributed by atoms with Gasteiger partial charge in [-0.1, -0.05) is 48.0 Å². The first kappa shape index (κ1) is 21.8. The summed E-state index contributed by atoms with van der Waals surface area (Å²) in [6.07, 6.45) is 7.54. The lowest BCUT2D eigenvalue weighted by atomic mass is 9.97. The molecule has 1 aromatic heterocycles. The highest BCUT2D eigenvalue weighted by molar-refractivity contribution is 7.10. The Morgan fingerprint density at radius 2 is 1.77 bits per heavy atom. The number of thiophene rings is 1. The maximum atomic E-state index is 12.4. The molecule has 1 aromatic carbocycles. The lowest BCUT2D eigenvalue weighted by Crippen LogP contribution is -2.45. The summed E-state index contributed by atoms with van der Waals surface area (Å²) >= 11 is 1.55. The summed E-state index contributed by atoms with van der Waals surface area (Å²) in [5.74, 6) is -1.86. The van der Waals surface area contributed by atoms with Gasteiger partial charge in [0.1, 0.15) is 0 Å². The smallest absolute Gasteiger partial charge is 0.309 e. The Hall–Kier alpha value is -2.93. The van der Waals surface area contributed by atoms with Gasteiger partial charge in [0, 0.05) is 11.4 Å². The summed E-state index contributed by atoms with van der Waals surface area (Å²) < 4.78 is 0. The van der Waals surface area contributed by atoms with Crippen LogP contribution in [-0.2, 0) is 14.4 Å². The highest BCUT2D eigenvalue weighted by Gasteiger charge is 2.19. The molecule has 6 nitrogen and oxygen atoms in total. The lowest BCUT2D eigenvalue weighted by Gasteiger charge is -2.18. The predicted molar refractivity (Wildman–Crippen MR) is 118 cm³/mol. The van der Waals surface area contributed by atoms with E-state index < -0.39 is 11.8 Å². The third-order valence-electron chi connectivity index (χ3n) is 5.00. The van der Waals surface area contributed by atoms with Gasteiger partial charge in [0.05, 0.1) is 12.6 Å². The number of rotatable bonds is 8. The van der Waals surface area contributed by atoms with Crippen LogP contribution in [0.25, 0.3) is 0 Å². The number of allylic oxidation sites excluding steroid dienone is 1. The van der Waals surface area contributed by atoms with E-state index in [1.54, 1.807) is 11.3 Å². The quantitative estimate of drug-likeness (QED) is 0.449. The van der Waals surface area contributed by atoms with Crippen LogP contribution in [0.1, 0.15) is 48.6 Å². The number of benzene rings is 1. The van der Waals surface area contributed by atoms with Gasteiger partial charge in [-0.2, -0.15) is 0 Å². The molecule has 0 bridgehead atoms. The number of amides is 3. The molecular formula is C23H27N3O3S. The number of hydrogen-bond donors (Lipinski definition) is 3. The van der Waals surface area contributed by atoms with Crippen molar-refractivity contribution in [3.8, 4) is 0 Å². The second-order valence-electron chi connectivity index (χ2n) is 7.22. The van der Waals surface area contributed by atoms with Crippen LogP contribution in [0.15, 0.2) is 59.5 Å². The molecule has 1 aliphatic carbocycles. The van der Waals surface area contributed by atoms with Crippen molar-refractivity contribution in [2.24, 2.45) is 0 Å². The highest BCUT2D eigenvalue weighted by Crippen LogP contribution is 2.25. The summed E-state index contributed by atoms with van der Waals surface area (Å²) in [6, 6.07) is 13.2. The molecule has 7 heteroatoms. The van der Waals surface area contributed by atoms with Crippen LogP contribution < -0.4 is 16.0 Å². The molecule has 1 aliphatic rings. The van der Waals surface area contributed by atoms with Crippen molar-refractivity contribution in [1.29, 1.82) is 0 Å². The lowest BCUT2D eigenvalue weighted by molar-refractivity contribution is -0.139. The molecular weight excluding hydrogens is 398 g/mol. The van der Waals surface area contributed by atoms with Crippen molar-refractivity contribution < 1.29 is 14.4 Å². The standard InChI is InChI=1S/C23H27N3O3S/c27-20(26-21(19-12-7-15-30-19)18-10-5-2-6-11-18)16-25-23(29)22(28)24-14-13-17-8-3-1-4-9-17/h2,5-8,10-12,15,21H,1,3-4,9,13-14,16H2,(H,24,28)(H,25,29)(H,26,27)/t21-/m0/s1. The zero-order chi connectivity index (χ0) is 21.2. The van der Waals surface area contributed by atoms with Crippen LogP contribution in [0.5, 0.6) is 0 Å². The molecule has 0 saturated carbocycles. The fraction of sp³-hybridized carbons (Fsp3) is 0.348. The minimum absolute atomic E-state index is 0.258. The highest BCUT2D eigenvalue weighted by atomic mass is 32.1. The van der Waals surface area contributed by atoms with E-state index in [4.69, 9.17) is 0 Å². The molecule has 0 radical (unpaired) electrons. The Balaban J connectivity index is 1.45. The Bertz CT molecular complexity index is 878. The van der Waals surface area contributed by atoms with Gasteiger partial charge in [-0.25, -0.2) is 0 Å². The fourth-order valence-corrected chi connectivity index (χ4v) is 4.22. The maximum absolute atomic E-state index is 12.4. The van der Waals surface area contributed by atoms with Crippen LogP contribution in [-0.4, -0.2) is 30.8 Å². The Kier molecular flexibility index (Phi) is 8.20. The van der Waals surface area contributed by atoms with E-state index in [1.165, 1.54) is 18.4 Å². The first-order chi connectivity index (χ1) is 14.6. The van der Waals surface area contributed by atoms with Gasteiger partial charge < -0.3 is 16.0 Å². The van der Waals surface area contributed by atoms with Gasteiger partial charge in [0.25, 0.3) is 0 Å². The second kappa shape index (κ2) is 11.3. The summed E-state index contributed by atoms with van der Waals surface area (Å²) in [5, 5.41) is 9.90. The largest absolute Gasteiger partial charge is 0.348 e. The minimum atomic E-state index is -0.796. The topological polar surface area (TPSA) is 87.3 Å². The maximum Gasteiger partial charge on any atom is 0.309 e. The van der Waals surface area contributed by atoms with Gasteiger partial charge in [-0.05, 0) is 49.1 Å². The van der Waals surface area contributed by atoms with Gasteiger partial charge in [-0.3, -0.25) is 14.4 Å². The van der Waals surface area contributed by atoms with Gasteiger partial charge in [0.2, 0.25) is 5.91 Å². The molecule has 3 amide bonds. The van der Waals surface area contributed by atoms with Crippen LogP contribution in [0.4, 0.5) is 0 Å². The van der Waals surface area contributed by atoms with Gasteiger partial charge in [-0.15, -0.1) is 11.3 Å². The molecule has 0 aliphatic heterocycles. The summed E-state index contributed by atoms with van der Waals surface area (Å²) in [4.78, 5) is 37.4. The number of nitrogens with one attached hydrogen (secondary N) is 3. The predicted octanol–water partition coefficient (Wildman–Crippen LogP) is 3.08. The van der Waals surface area contributed by atoms with Crippen LogP contribution in [0.2, 0.25) is 0 Å². The average molecular weight is 426 g/mol. The first-order valence-electron chi connectivity index (χ1n) is 10.2. The van der Waals surface area contributed by atoms with Crippen LogP contribution in [0.3, 0.4) is 0 Å². The van der Waals surface area contributed by atoms with Crippen molar-refractivity contribution in [2.45, 2.75) is 38.1 Å². The van der Waals surface area contributed by atoms with Crippen LogP contribution >= 0.6 is 11.3 Å². The van der Waals surface area contributed by atoms with Crippen molar-refractivity contribution in [2.75, 3.05) is 13.1 Å². The zero-order valence-corrected chi connectivity index (χ0v) is 17.7. The summed E-state index contributed by atoms with van der Waals surface area (Å²) in [6.45, 7) is 0.171. The van der Waals surface area contributed by atoms with E-state index in [1.807, 2.05) is 47.8 Å². The fourth-order valence-electron chi connectivity index (χ4n) is 3.42. The molecule has 3 rings (SSSR count). The molecule has 0 saturated heterocycles. The third-order valence-corrected chi connectivity index (χ3v) is 5.94. The summed E-state index contributed by atoms with van der Waals surface area (Å²) in [5.41, 5.74) is 2.29. The molecule has 1 heterocycles. The third kappa shape index (κ3) is 6.56. The Morgan fingerprint density at radius 1 is 0.967 bits per heavy atom. The monoisotopic (exact) mass is 425 g/mol. The van der Waals surface area contributed by atoms with E-state index in [9.17, 15) is 14.4 Å². The van der Waals surface area contributed by atoms with Gasteiger partial charge in [0.15, 0.2) is 0 Å². The van der Waals surface area contributed by atoms with Crippen molar-refractivity contribution in [3.63, 3.8) is 0 Å². The molecule has 30 heavy (non-hydrogen) atoms. The van der Waals surface area contributed by atoms with Crippen molar-refractivity contribution >= 4 is 29.1 Å². The number of hydrogen-bond acceptors (Lipinski definition) is 4. The average Bonchev–Trinajstić information content (AvgIpc) is 3.31. The summed E-state index contributed by atoms with van der Waals surface area (Å²) in [7, 11) is 0. The number of carbonyl (C=O) groups excluding carboxylic acids is 3. The molecule has 0 unspecified atom stereocenters.